The van der Waals surface area contributed by atoms with Crippen LogP contribution in [0.5, 0.6) is 11.6 Å². The van der Waals surface area contributed by atoms with Crippen LogP contribution >= 0.6 is 11.6 Å². The van der Waals surface area contributed by atoms with Crippen LogP contribution in [-0.4, -0.2) is 47.2 Å². The second-order valence-corrected chi connectivity index (χ2v) is 6.81. The van der Waals surface area contributed by atoms with E-state index in [2.05, 4.69) is 15.1 Å². The third kappa shape index (κ3) is 4.07. The molecule has 0 saturated carbocycles. The molecule has 1 aliphatic heterocycles. The minimum atomic E-state index is -0.0389. The van der Waals surface area contributed by atoms with Gasteiger partial charge in [0.25, 0.3) is 5.91 Å². The molecule has 1 saturated heterocycles. The van der Waals surface area contributed by atoms with Crippen molar-refractivity contribution in [1.29, 1.82) is 0 Å². The molecule has 0 bridgehead atoms. The van der Waals surface area contributed by atoms with Crippen molar-refractivity contribution in [3.63, 3.8) is 0 Å². The number of nitrogens with zero attached hydrogens (tertiary/aromatic N) is 4. The fraction of sp³-hybridized carbons (Fsp3) is 0.190. The van der Waals surface area contributed by atoms with E-state index in [1.54, 1.807) is 18.2 Å². The van der Waals surface area contributed by atoms with Crippen LogP contribution in [0.3, 0.4) is 0 Å². The van der Waals surface area contributed by atoms with Crippen LogP contribution in [0.1, 0.15) is 10.4 Å². The molecule has 4 rings (SSSR count). The van der Waals surface area contributed by atoms with Gasteiger partial charge in [-0.25, -0.2) is 0 Å². The first-order chi connectivity index (χ1) is 13.7. The second kappa shape index (κ2) is 8.27. The Kier molecular flexibility index (Phi) is 5.39. The molecular formula is C21H19ClN4O2. The van der Waals surface area contributed by atoms with Crippen LogP contribution < -0.4 is 9.64 Å². The number of aromatic nitrogens is 2. The molecule has 1 amide bonds. The fourth-order valence-electron chi connectivity index (χ4n) is 3.09. The number of ether oxygens (including phenoxy) is 1. The van der Waals surface area contributed by atoms with Crippen molar-refractivity contribution in [2.45, 2.75) is 0 Å². The van der Waals surface area contributed by atoms with Crippen molar-refractivity contribution in [3.05, 3.63) is 77.3 Å². The van der Waals surface area contributed by atoms with Crippen LogP contribution in [0, 0.1) is 0 Å². The van der Waals surface area contributed by atoms with E-state index in [1.165, 1.54) is 0 Å². The molecule has 0 atom stereocenters. The summed E-state index contributed by atoms with van der Waals surface area (Å²) in [5.41, 5.74) is 0.542. The number of para-hydroxylation sites is 1. The molecule has 28 heavy (non-hydrogen) atoms. The maximum absolute atomic E-state index is 12.7. The third-order valence-corrected chi connectivity index (χ3v) is 4.92. The summed E-state index contributed by atoms with van der Waals surface area (Å²) in [6, 6.07) is 20.3. The molecular weight excluding hydrogens is 376 g/mol. The maximum atomic E-state index is 12.7. The van der Waals surface area contributed by atoms with Crippen molar-refractivity contribution < 1.29 is 9.53 Å². The predicted octanol–water partition coefficient (Wildman–Crippen LogP) is 3.88. The van der Waals surface area contributed by atoms with E-state index in [4.69, 9.17) is 16.3 Å². The Balaban J connectivity index is 1.36. The summed E-state index contributed by atoms with van der Waals surface area (Å²) in [6.07, 6.45) is 0. The van der Waals surface area contributed by atoms with E-state index in [1.807, 2.05) is 53.4 Å². The number of halogens is 1. The lowest BCUT2D eigenvalue weighted by Gasteiger charge is -2.35. The van der Waals surface area contributed by atoms with Crippen molar-refractivity contribution in [2.75, 3.05) is 31.1 Å². The van der Waals surface area contributed by atoms with Gasteiger partial charge in [-0.15, -0.1) is 10.2 Å². The van der Waals surface area contributed by atoms with Crippen molar-refractivity contribution in [2.24, 2.45) is 0 Å². The molecule has 0 unspecified atom stereocenters. The number of anilines is 1. The molecule has 2 aromatic carbocycles. The maximum Gasteiger partial charge on any atom is 0.255 e. The molecule has 3 aromatic rings. The number of carbonyl (C=O) groups excluding carboxylic acids is 1. The number of amides is 1. The summed E-state index contributed by atoms with van der Waals surface area (Å²) in [4.78, 5) is 16.6. The number of piperazine rings is 1. The van der Waals surface area contributed by atoms with E-state index in [9.17, 15) is 4.79 Å². The fourth-order valence-corrected chi connectivity index (χ4v) is 3.31. The number of hydrogen-bond acceptors (Lipinski definition) is 5. The van der Waals surface area contributed by atoms with Gasteiger partial charge in [0.15, 0.2) is 5.82 Å². The van der Waals surface area contributed by atoms with Crippen LogP contribution in [-0.2, 0) is 0 Å². The Morgan fingerprint density at radius 2 is 1.57 bits per heavy atom. The van der Waals surface area contributed by atoms with E-state index < -0.39 is 0 Å². The molecule has 0 spiro atoms. The minimum Gasteiger partial charge on any atom is -0.438 e. The van der Waals surface area contributed by atoms with Crippen LogP contribution in [0.4, 0.5) is 5.82 Å². The number of rotatable bonds is 4. The number of benzene rings is 2. The Morgan fingerprint density at radius 3 is 2.25 bits per heavy atom. The lowest BCUT2D eigenvalue weighted by atomic mass is 10.2. The highest BCUT2D eigenvalue weighted by Crippen LogP contribution is 2.22. The topological polar surface area (TPSA) is 58.6 Å². The quantitative estimate of drug-likeness (QED) is 0.672. The van der Waals surface area contributed by atoms with Crippen LogP contribution in [0.15, 0.2) is 66.7 Å². The van der Waals surface area contributed by atoms with Crippen molar-refractivity contribution >= 4 is 23.3 Å². The average Bonchev–Trinajstić information content (AvgIpc) is 2.75. The standard InChI is InChI=1S/C21H19ClN4O2/c22-18-9-5-4-8-17(18)21(27)26-14-12-25(13-15-26)19-10-11-20(24-23-19)28-16-6-2-1-3-7-16/h1-11H,12-15H2. The zero-order valence-corrected chi connectivity index (χ0v) is 15.9. The molecule has 6 nitrogen and oxygen atoms in total. The summed E-state index contributed by atoms with van der Waals surface area (Å²) in [6.45, 7) is 2.58. The molecule has 2 heterocycles. The molecule has 1 aromatic heterocycles. The highest BCUT2D eigenvalue weighted by molar-refractivity contribution is 6.33. The van der Waals surface area contributed by atoms with E-state index in [0.717, 1.165) is 11.6 Å². The molecule has 1 fully saturated rings. The summed E-state index contributed by atoms with van der Waals surface area (Å²) in [5.74, 6) is 1.90. The highest BCUT2D eigenvalue weighted by Gasteiger charge is 2.24. The Hall–Kier alpha value is -3.12. The summed E-state index contributed by atoms with van der Waals surface area (Å²) in [7, 11) is 0. The van der Waals surface area contributed by atoms with Crippen LogP contribution in [0.25, 0.3) is 0 Å². The van der Waals surface area contributed by atoms with E-state index in [-0.39, 0.29) is 5.91 Å². The summed E-state index contributed by atoms with van der Waals surface area (Å²) >= 11 is 6.15. The van der Waals surface area contributed by atoms with Gasteiger partial charge in [0.2, 0.25) is 5.88 Å². The van der Waals surface area contributed by atoms with Gasteiger partial charge in [-0.05, 0) is 30.3 Å². The van der Waals surface area contributed by atoms with Gasteiger partial charge in [0.1, 0.15) is 5.75 Å². The highest BCUT2D eigenvalue weighted by atomic mass is 35.5. The van der Waals surface area contributed by atoms with Gasteiger partial charge >= 0.3 is 0 Å². The zero-order valence-electron chi connectivity index (χ0n) is 15.2. The predicted molar refractivity (Wildman–Crippen MR) is 108 cm³/mol. The number of hydrogen-bond donors (Lipinski definition) is 0. The normalized spacial score (nSPS) is 14.0. The first-order valence-corrected chi connectivity index (χ1v) is 9.44. The third-order valence-electron chi connectivity index (χ3n) is 4.59. The van der Waals surface area contributed by atoms with Gasteiger partial charge in [-0.3, -0.25) is 4.79 Å². The number of carbonyl (C=O) groups is 1. The largest absolute Gasteiger partial charge is 0.438 e. The average molecular weight is 395 g/mol. The molecule has 0 aliphatic carbocycles. The SMILES string of the molecule is O=C(c1ccccc1Cl)N1CCN(c2ccc(Oc3ccccc3)nn2)CC1. The zero-order chi connectivity index (χ0) is 19.3. The Morgan fingerprint density at radius 1 is 0.857 bits per heavy atom. The van der Waals surface area contributed by atoms with Gasteiger partial charge in [-0.2, -0.15) is 0 Å². The Bertz CT molecular complexity index is 942. The molecule has 7 heteroatoms. The molecule has 1 aliphatic rings. The van der Waals surface area contributed by atoms with E-state index >= 15 is 0 Å². The lowest BCUT2D eigenvalue weighted by Crippen LogP contribution is -2.49. The van der Waals surface area contributed by atoms with Gasteiger partial charge in [0, 0.05) is 32.2 Å². The van der Waals surface area contributed by atoms with Crippen molar-refractivity contribution in [1.82, 2.24) is 15.1 Å². The minimum absolute atomic E-state index is 0.0389. The Labute approximate surface area is 168 Å². The monoisotopic (exact) mass is 394 g/mol. The lowest BCUT2D eigenvalue weighted by molar-refractivity contribution is 0.0746. The van der Waals surface area contributed by atoms with Gasteiger partial charge in [0.05, 0.1) is 10.6 Å². The molecule has 0 N–H and O–H groups in total. The molecule has 142 valence electrons. The molecule has 0 radical (unpaired) electrons. The van der Waals surface area contributed by atoms with Crippen molar-refractivity contribution in [3.8, 4) is 11.6 Å². The van der Waals surface area contributed by atoms with Gasteiger partial charge in [-0.1, -0.05) is 41.9 Å². The summed E-state index contributed by atoms with van der Waals surface area (Å²) in [5, 5.41) is 8.90. The first kappa shape index (κ1) is 18.3. The van der Waals surface area contributed by atoms with E-state index in [0.29, 0.717) is 42.6 Å². The van der Waals surface area contributed by atoms with Gasteiger partial charge < -0.3 is 14.5 Å². The first-order valence-electron chi connectivity index (χ1n) is 9.06. The smallest absolute Gasteiger partial charge is 0.255 e. The van der Waals surface area contributed by atoms with Crippen LogP contribution in [0.2, 0.25) is 5.02 Å². The summed E-state index contributed by atoms with van der Waals surface area (Å²) < 4.78 is 5.67. The second-order valence-electron chi connectivity index (χ2n) is 6.40.